The fourth-order valence-corrected chi connectivity index (χ4v) is 2.61. The summed E-state index contributed by atoms with van der Waals surface area (Å²) in [7, 11) is 0. The summed E-state index contributed by atoms with van der Waals surface area (Å²) >= 11 is 3.36. The van der Waals surface area contributed by atoms with E-state index >= 15 is 0 Å². The maximum Gasteiger partial charge on any atom is 0.249 e. The lowest BCUT2D eigenvalue weighted by atomic mass is 10.2. The summed E-state index contributed by atoms with van der Waals surface area (Å²) in [5, 5.41) is 12.5. The van der Waals surface area contributed by atoms with E-state index in [1.165, 1.54) is 0 Å². The summed E-state index contributed by atoms with van der Waals surface area (Å²) in [6.07, 6.45) is 0.159. The van der Waals surface area contributed by atoms with E-state index in [1.807, 2.05) is 18.2 Å². The predicted molar refractivity (Wildman–Crippen MR) is 92.9 cm³/mol. The highest BCUT2D eigenvalue weighted by Gasteiger charge is 2.29. The SMILES string of the molecule is Cl.NC[C@H]1CC[C@@H](C(=O)NCC(O)COc2ccccc2Br)O1. The molecule has 4 N–H and O–H groups in total. The second kappa shape index (κ2) is 10.1. The van der Waals surface area contributed by atoms with Crippen molar-refractivity contribution in [3.63, 3.8) is 0 Å². The molecule has 23 heavy (non-hydrogen) atoms. The van der Waals surface area contributed by atoms with Crippen LogP contribution >= 0.6 is 28.3 Å². The van der Waals surface area contributed by atoms with Crippen LogP contribution in [0.3, 0.4) is 0 Å². The number of hydrogen-bond acceptors (Lipinski definition) is 5. The van der Waals surface area contributed by atoms with E-state index in [0.29, 0.717) is 18.7 Å². The third-order valence-electron chi connectivity index (χ3n) is 3.44. The monoisotopic (exact) mass is 408 g/mol. The van der Waals surface area contributed by atoms with Crippen LogP contribution in [0.25, 0.3) is 0 Å². The van der Waals surface area contributed by atoms with Gasteiger partial charge in [-0.25, -0.2) is 0 Å². The molecule has 1 saturated heterocycles. The number of ether oxygens (including phenoxy) is 2. The molecule has 0 radical (unpaired) electrons. The van der Waals surface area contributed by atoms with Crippen molar-refractivity contribution in [1.82, 2.24) is 5.32 Å². The van der Waals surface area contributed by atoms with Gasteiger partial charge in [-0.05, 0) is 40.9 Å². The number of para-hydroxylation sites is 1. The number of nitrogens with one attached hydrogen (secondary N) is 1. The van der Waals surface area contributed by atoms with Gasteiger partial charge in [-0.3, -0.25) is 4.79 Å². The number of rotatable bonds is 7. The first kappa shape index (κ1) is 20.2. The fourth-order valence-electron chi connectivity index (χ4n) is 2.21. The number of carbonyl (C=O) groups excluding carboxylic acids is 1. The molecule has 0 saturated carbocycles. The number of benzene rings is 1. The Morgan fingerprint density at radius 3 is 2.87 bits per heavy atom. The molecule has 0 aromatic heterocycles. The zero-order chi connectivity index (χ0) is 15.9. The molecule has 1 aromatic rings. The van der Waals surface area contributed by atoms with Gasteiger partial charge in [0.15, 0.2) is 0 Å². The molecule has 1 unspecified atom stereocenters. The van der Waals surface area contributed by atoms with Gasteiger partial charge in [0, 0.05) is 13.1 Å². The molecule has 1 aromatic carbocycles. The summed E-state index contributed by atoms with van der Waals surface area (Å²) in [6.45, 7) is 0.641. The van der Waals surface area contributed by atoms with Crippen LogP contribution < -0.4 is 15.8 Å². The third-order valence-corrected chi connectivity index (χ3v) is 4.10. The van der Waals surface area contributed by atoms with Gasteiger partial charge in [-0.15, -0.1) is 12.4 Å². The van der Waals surface area contributed by atoms with Crippen LogP contribution in [0.15, 0.2) is 28.7 Å². The van der Waals surface area contributed by atoms with Crippen LogP contribution in [0.5, 0.6) is 5.75 Å². The minimum absolute atomic E-state index is 0. The van der Waals surface area contributed by atoms with Crippen molar-refractivity contribution < 1.29 is 19.4 Å². The number of hydrogen-bond donors (Lipinski definition) is 3. The lowest BCUT2D eigenvalue weighted by Gasteiger charge is -2.16. The Labute approximate surface area is 150 Å². The maximum atomic E-state index is 11.9. The van der Waals surface area contributed by atoms with E-state index in [1.54, 1.807) is 6.07 Å². The Morgan fingerprint density at radius 1 is 1.48 bits per heavy atom. The first-order valence-electron chi connectivity index (χ1n) is 7.28. The molecule has 1 heterocycles. The Bertz CT molecular complexity index is 506. The van der Waals surface area contributed by atoms with E-state index in [-0.39, 0.29) is 37.6 Å². The summed E-state index contributed by atoms with van der Waals surface area (Å²) in [6, 6.07) is 7.38. The standard InChI is InChI=1S/C15H21BrN2O4.ClH/c16-12-3-1-2-4-13(12)21-9-10(19)8-18-15(20)14-6-5-11(7-17)22-14;/h1-4,10-11,14,19H,5-9,17H2,(H,18,20);1H/t10?,11-,14+;/m1./s1. The van der Waals surface area contributed by atoms with E-state index in [2.05, 4.69) is 21.2 Å². The molecule has 130 valence electrons. The highest BCUT2D eigenvalue weighted by Crippen LogP contribution is 2.23. The van der Waals surface area contributed by atoms with Crippen molar-refractivity contribution in [3.05, 3.63) is 28.7 Å². The van der Waals surface area contributed by atoms with E-state index in [4.69, 9.17) is 15.2 Å². The average molecular weight is 410 g/mol. The van der Waals surface area contributed by atoms with Crippen LogP contribution in [0.4, 0.5) is 0 Å². The lowest BCUT2D eigenvalue weighted by Crippen LogP contribution is -2.41. The Balaban J connectivity index is 0.00000264. The topological polar surface area (TPSA) is 93.8 Å². The first-order valence-corrected chi connectivity index (χ1v) is 8.08. The van der Waals surface area contributed by atoms with Crippen molar-refractivity contribution in [2.45, 2.75) is 31.2 Å². The number of aliphatic hydroxyl groups excluding tert-OH is 1. The van der Waals surface area contributed by atoms with Crippen molar-refractivity contribution in [2.24, 2.45) is 5.73 Å². The molecular weight excluding hydrogens is 388 g/mol. The largest absolute Gasteiger partial charge is 0.490 e. The van der Waals surface area contributed by atoms with Crippen LogP contribution in [0.1, 0.15) is 12.8 Å². The fraction of sp³-hybridized carbons (Fsp3) is 0.533. The summed E-state index contributed by atoms with van der Waals surface area (Å²) in [4.78, 5) is 11.9. The molecule has 3 atom stereocenters. The molecule has 0 spiro atoms. The van der Waals surface area contributed by atoms with Gasteiger partial charge in [0.2, 0.25) is 5.91 Å². The maximum absolute atomic E-state index is 11.9. The van der Waals surface area contributed by atoms with Gasteiger partial charge < -0.3 is 25.6 Å². The Morgan fingerprint density at radius 2 is 2.22 bits per heavy atom. The first-order chi connectivity index (χ1) is 10.6. The van der Waals surface area contributed by atoms with Crippen molar-refractivity contribution in [3.8, 4) is 5.75 Å². The molecule has 0 bridgehead atoms. The summed E-state index contributed by atoms with van der Waals surface area (Å²) < 4.78 is 11.8. The summed E-state index contributed by atoms with van der Waals surface area (Å²) in [5.74, 6) is 0.439. The van der Waals surface area contributed by atoms with Gasteiger partial charge >= 0.3 is 0 Å². The molecule has 8 heteroatoms. The molecule has 1 aliphatic heterocycles. The predicted octanol–water partition coefficient (Wildman–Crippen LogP) is 1.23. The van der Waals surface area contributed by atoms with E-state index < -0.39 is 12.2 Å². The van der Waals surface area contributed by atoms with Crippen molar-refractivity contribution >= 4 is 34.2 Å². The Hall–Kier alpha value is -0.860. The van der Waals surface area contributed by atoms with Gasteiger partial charge in [0.05, 0.1) is 10.6 Å². The van der Waals surface area contributed by atoms with E-state index in [9.17, 15) is 9.90 Å². The summed E-state index contributed by atoms with van der Waals surface area (Å²) in [5.41, 5.74) is 5.51. The molecule has 1 amide bonds. The van der Waals surface area contributed by atoms with Crippen molar-refractivity contribution in [1.29, 1.82) is 0 Å². The van der Waals surface area contributed by atoms with Crippen LogP contribution in [0.2, 0.25) is 0 Å². The molecule has 0 aliphatic carbocycles. The minimum Gasteiger partial charge on any atom is -0.490 e. The highest BCUT2D eigenvalue weighted by molar-refractivity contribution is 9.10. The number of nitrogens with two attached hydrogens (primary N) is 1. The molecule has 6 nitrogen and oxygen atoms in total. The highest BCUT2D eigenvalue weighted by atomic mass is 79.9. The zero-order valence-corrected chi connectivity index (χ0v) is 15.0. The van der Waals surface area contributed by atoms with Gasteiger partial charge in [0.1, 0.15) is 24.6 Å². The molecule has 1 fully saturated rings. The third kappa shape index (κ3) is 6.27. The number of carbonyl (C=O) groups is 1. The zero-order valence-electron chi connectivity index (χ0n) is 12.6. The Kier molecular flexibility index (Phi) is 8.86. The van der Waals surface area contributed by atoms with Crippen LogP contribution in [-0.2, 0) is 9.53 Å². The number of aliphatic hydroxyl groups is 1. The average Bonchev–Trinajstić information content (AvgIpc) is 3.01. The second-order valence-corrected chi connectivity index (χ2v) is 6.05. The number of halogens is 2. The second-order valence-electron chi connectivity index (χ2n) is 5.20. The lowest BCUT2D eigenvalue weighted by molar-refractivity contribution is -0.132. The van der Waals surface area contributed by atoms with Crippen LogP contribution in [-0.4, -0.2) is 49.0 Å². The van der Waals surface area contributed by atoms with Gasteiger partial charge in [-0.2, -0.15) is 0 Å². The normalized spacial score (nSPS) is 21.3. The quantitative estimate of drug-likeness (QED) is 0.630. The van der Waals surface area contributed by atoms with E-state index in [0.717, 1.165) is 10.9 Å². The molecule has 2 rings (SSSR count). The van der Waals surface area contributed by atoms with Gasteiger partial charge in [-0.1, -0.05) is 12.1 Å². The number of amides is 1. The van der Waals surface area contributed by atoms with Gasteiger partial charge in [0.25, 0.3) is 0 Å². The van der Waals surface area contributed by atoms with Crippen molar-refractivity contribution in [2.75, 3.05) is 19.7 Å². The molecule has 1 aliphatic rings. The molecular formula is C15H22BrClN2O4. The van der Waals surface area contributed by atoms with Crippen LogP contribution in [0, 0.1) is 0 Å². The smallest absolute Gasteiger partial charge is 0.249 e. The minimum atomic E-state index is -0.789.